The standard InChI is InChI=1S/C26H30FN3O4/c1-28-22-14-19(27)12-18-13-20(25(32)30-23(18)22)24(31)29-21-10-9-17(26(33)34)11-16(21)8-7-15-5-3-2-4-6-15/h9-15,26,28,33-34H,2-8H2,1H3,(H,29,31)(H,30,32). The Hall–Kier alpha value is -3.23. The van der Waals surface area contributed by atoms with E-state index in [1.165, 1.54) is 56.4 Å². The third-order valence-corrected chi connectivity index (χ3v) is 6.65. The number of carbonyl (C=O) groups is 1. The Kier molecular flexibility index (Phi) is 7.29. The molecule has 7 nitrogen and oxygen atoms in total. The first-order valence-corrected chi connectivity index (χ1v) is 11.7. The van der Waals surface area contributed by atoms with Gasteiger partial charge in [0.2, 0.25) is 0 Å². The molecule has 1 aliphatic carbocycles. The molecule has 0 spiro atoms. The minimum atomic E-state index is -1.61. The summed E-state index contributed by atoms with van der Waals surface area (Å²) in [7, 11) is 1.62. The molecular weight excluding hydrogens is 437 g/mol. The molecule has 0 atom stereocenters. The first kappa shape index (κ1) is 23.9. The topological polar surface area (TPSA) is 114 Å². The van der Waals surface area contributed by atoms with Crippen molar-refractivity contribution in [2.75, 3.05) is 17.7 Å². The second kappa shape index (κ2) is 10.4. The van der Waals surface area contributed by atoms with Crippen molar-refractivity contribution in [3.05, 3.63) is 69.3 Å². The van der Waals surface area contributed by atoms with Crippen molar-refractivity contribution < 1.29 is 19.4 Å². The highest BCUT2D eigenvalue weighted by Gasteiger charge is 2.18. The number of pyridine rings is 1. The van der Waals surface area contributed by atoms with Crippen LogP contribution in [0.3, 0.4) is 0 Å². The number of benzene rings is 2. The Morgan fingerprint density at radius 3 is 2.59 bits per heavy atom. The molecule has 0 saturated heterocycles. The molecule has 4 rings (SSSR count). The van der Waals surface area contributed by atoms with E-state index in [1.807, 2.05) is 0 Å². The second-order valence-corrected chi connectivity index (χ2v) is 8.97. The van der Waals surface area contributed by atoms with Crippen molar-refractivity contribution in [2.24, 2.45) is 5.92 Å². The summed E-state index contributed by atoms with van der Waals surface area (Å²) in [6.07, 6.45) is 6.09. The van der Waals surface area contributed by atoms with Gasteiger partial charge in [0.1, 0.15) is 11.4 Å². The lowest BCUT2D eigenvalue weighted by Crippen LogP contribution is -2.24. The van der Waals surface area contributed by atoms with Gasteiger partial charge in [0.15, 0.2) is 6.29 Å². The Balaban J connectivity index is 1.62. The zero-order valence-corrected chi connectivity index (χ0v) is 19.2. The number of carbonyl (C=O) groups excluding carboxylic acids is 1. The Morgan fingerprint density at radius 2 is 1.88 bits per heavy atom. The molecule has 1 amide bonds. The van der Waals surface area contributed by atoms with Crippen molar-refractivity contribution >= 4 is 28.2 Å². The lowest BCUT2D eigenvalue weighted by Gasteiger charge is -2.22. The molecule has 34 heavy (non-hydrogen) atoms. The maximum atomic E-state index is 14.0. The van der Waals surface area contributed by atoms with Crippen molar-refractivity contribution in [1.82, 2.24) is 4.98 Å². The van der Waals surface area contributed by atoms with Crippen LogP contribution in [-0.2, 0) is 6.42 Å². The number of aliphatic hydroxyl groups excluding tert-OH is 1. The number of halogens is 1. The maximum Gasteiger partial charge on any atom is 0.261 e. The van der Waals surface area contributed by atoms with Gasteiger partial charge in [0.05, 0.1) is 11.2 Å². The van der Waals surface area contributed by atoms with Crippen molar-refractivity contribution in [2.45, 2.75) is 51.2 Å². The molecule has 5 N–H and O–H groups in total. The zero-order chi connectivity index (χ0) is 24.2. The summed E-state index contributed by atoms with van der Waals surface area (Å²) in [6.45, 7) is 0. The highest BCUT2D eigenvalue weighted by atomic mass is 19.1. The highest BCUT2D eigenvalue weighted by Crippen LogP contribution is 2.30. The summed E-state index contributed by atoms with van der Waals surface area (Å²) in [5.41, 5.74) is 1.76. The summed E-state index contributed by atoms with van der Waals surface area (Å²) < 4.78 is 14.0. The minimum Gasteiger partial charge on any atom is -0.386 e. The molecule has 3 aromatic rings. The van der Waals surface area contributed by atoms with Gasteiger partial charge in [-0.15, -0.1) is 0 Å². The molecule has 2 aromatic carbocycles. The van der Waals surface area contributed by atoms with Gasteiger partial charge in [-0.2, -0.15) is 0 Å². The van der Waals surface area contributed by atoms with Crippen LogP contribution in [-0.4, -0.2) is 28.2 Å². The number of aromatic nitrogens is 1. The predicted octanol–water partition coefficient (Wildman–Crippen LogP) is 4.46. The molecule has 1 fully saturated rings. The van der Waals surface area contributed by atoms with E-state index in [2.05, 4.69) is 15.6 Å². The highest BCUT2D eigenvalue weighted by molar-refractivity contribution is 6.06. The van der Waals surface area contributed by atoms with Gasteiger partial charge in [0, 0.05) is 23.7 Å². The van der Waals surface area contributed by atoms with Gasteiger partial charge in [-0.05, 0) is 54.7 Å². The van der Waals surface area contributed by atoms with Crippen molar-refractivity contribution in [1.29, 1.82) is 0 Å². The number of anilines is 2. The van der Waals surface area contributed by atoms with Gasteiger partial charge in [-0.3, -0.25) is 9.59 Å². The number of rotatable bonds is 7. The second-order valence-electron chi connectivity index (χ2n) is 8.97. The number of aliphatic hydroxyl groups is 2. The number of hydrogen-bond acceptors (Lipinski definition) is 5. The van der Waals surface area contributed by atoms with Crippen LogP contribution < -0.4 is 16.2 Å². The summed E-state index contributed by atoms with van der Waals surface area (Å²) in [5.74, 6) is -0.493. The smallest absolute Gasteiger partial charge is 0.261 e. The Morgan fingerprint density at radius 1 is 1.12 bits per heavy atom. The van der Waals surface area contributed by atoms with E-state index < -0.39 is 23.6 Å². The normalized spacial score (nSPS) is 14.5. The van der Waals surface area contributed by atoms with Crippen molar-refractivity contribution in [3.63, 3.8) is 0 Å². The number of H-pyrrole nitrogens is 1. The molecule has 8 heteroatoms. The summed E-state index contributed by atoms with van der Waals surface area (Å²) in [5, 5.41) is 25.2. The first-order valence-electron chi connectivity index (χ1n) is 11.7. The molecule has 1 heterocycles. The van der Waals surface area contributed by atoms with E-state index >= 15 is 0 Å². The number of fused-ring (bicyclic) bond motifs is 1. The molecular formula is C26H30FN3O4. The molecule has 1 saturated carbocycles. The number of aromatic amines is 1. The minimum absolute atomic E-state index is 0.135. The number of amides is 1. The number of nitrogens with one attached hydrogen (secondary N) is 3. The third-order valence-electron chi connectivity index (χ3n) is 6.65. The fourth-order valence-corrected chi connectivity index (χ4v) is 4.78. The van der Waals surface area contributed by atoms with Crippen LogP contribution >= 0.6 is 0 Å². The van der Waals surface area contributed by atoms with Crippen LogP contribution in [0.4, 0.5) is 15.8 Å². The average molecular weight is 468 g/mol. The summed E-state index contributed by atoms with van der Waals surface area (Å²) in [4.78, 5) is 28.4. The van der Waals surface area contributed by atoms with E-state index in [9.17, 15) is 24.2 Å². The lowest BCUT2D eigenvalue weighted by atomic mass is 9.85. The van der Waals surface area contributed by atoms with Gasteiger partial charge >= 0.3 is 0 Å². The van der Waals surface area contributed by atoms with Crippen LogP contribution in [0.25, 0.3) is 10.9 Å². The van der Waals surface area contributed by atoms with Crippen molar-refractivity contribution in [3.8, 4) is 0 Å². The molecule has 0 radical (unpaired) electrons. The van der Waals surface area contributed by atoms with Gasteiger partial charge < -0.3 is 25.8 Å². The van der Waals surface area contributed by atoms with Crippen LogP contribution in [0.15, 0.2) is 41.2 Å². The number of aryl methyl sites for hydroxylation is 1. The van der Waals surface area contributed by atoms with Crippen LogP contribution in [0.2, 0.25) is 0 Å². The quantitative estimate of drug-likeness (QED) is 0.329. The average Bonchev–Trinajstić information content (AvgIpc) is 2.83. The van der Waals surface area contributed by atoms with Crippen LogP contribution in [0.1, 0.15) is 66.3 Å². The summed E-state index contributed by atoms with van der Waals surface area (Å²) in [6, 6.07) is 8.74. The molecule has 180 valence electrons. The van der Waals surface area contributed by atoms with E-state index in [0.29, 0.717) is 40.2 Å². The van der Waals surface area contributed by atoms with Gasteiger partial charge in [-0.1, -0.05) is 38.2 Å². The largest absolute Gasteiger partial charge is 0.386 e. The molecule has 1 aromatic heterocycles. The lowest BCUT2D eigenvalue weighted by molar-refractivity contribution is -0.0425. The summed E-state index contributed by atoms with van der Waals surface area (Å²) >= 11 is 0. The van der Waals surface area contributed by atoms with E-state index in [1.54, 1.807) is 19.2 Å². The Labute approximate surface area is 197 Å². The van der Waals surface area contributed by atoms with E-state index in [4.69, 9.17) is 0 Å². The fourth-order valence-electron chi connectivity index (χ4n) is 4.78. The maximum absolute atomic E-state index is 14.0. The Bertz CT molecular complexity index is 1250. The molecule has 0 aliphatic heterocycles. The molecule has 0 unspecified atom stereocenters. The molecule has 0 bridgehead atoms. The molecule has 1 aliphatic rings. The third kappa shape index (κ3) is 5.29. The first-order chi connectivity index (χ1) is 16.4. The van der Waals surface area contributed by atoms with Gasteiger partial charge in [0.25, 0.3) is 11.5 Å². The fraction of sp³-hybridized carbons (Fsp3) is 0.385. The predicted molar refractivity (Wildman–Crippen MR) is 131 cm³/mol. The SMILES string of the molecule is CNc1cc(F)cc2cc(C(=O)Nc3ccc(C(O)O)cc3CCC3CCCCC3)c(=O)[nH]c12. The zero-order valence-electron chi connectivity index (χ0n) is 19.2. The number of hydrogen-bond donors (Lipinski definition) is 5. The van der Waals surface area contributed by atoms with E-state index in [0.717, 1.165) is 12.0 Å². The van der Waals surface area contributed by atoms with Crippen LogP contribution in [0, 0.1) is 11.7 Å². The van der Waals surface area contributed by atoms with Gasteiger partial charge in [-0.25, -0.2) is 4.39 Å². The van der Waals surface area contributed by atoms with Crippen LogP contribution in [0.5, 0.6) is 0 Å². The van der Waals surface area contributed by atoms with E-state index in [-0.39, 0.29) is 5.56 Å². The monoisotopic (exact) mass is 467 g/mol.